The number of ether oxygens (including phenoxy) is 5. The van der Waals surface area contributed by atoms with E-state index >= 15 is 4.39 Å². The molecule has 0 saturated carbocycles. The number of likely N-dealkylation sites (N-methyl/N-ethyl adjacent to an activating group) is 1. The summed E-state index contributed by atoms with van der Waals surface area (Å²) in [6.45, 7) is 3.23. The molecular weight excluding hydrogens is 827 g/mol. The number of phenolic OH excluding ortho intramolecular Hbond substituents is 3. The molecule has 20 nitrogen and oxygen atoms in total. The van der Waals surface area contributed by atoms with Crippen LogP contribution in [0.25, 0.3) is 11.1 Å². The van der Waals surface area contributed by atoms with Gasteiger partial charge >= 0.3 is 5.97 Å². The van der Waals surface area contributed by atoms with E-state index in [4.69, 9.17) is 23.7 Å². The zero-order valence-corrected chi connectivity index (χ0v) is 33.6. The predicted octanol–water partition coefficient (Wildman–Crippen LogP) is -0.274. The molecule has 3 aromatic carbocycles. The van der Waals surface area contributed by atoms with Crippen LogP contribution in [0, 0.1) is 6.92 Å². The molecule has 11 N–H and O–H groups in total. The maximum absolute atomic E-state index is 15.4. The van der Waals surface area contributed by atoms with Gasteiger partial charge in [0, 0.05) is 28.3 Å². The zero-order chi connectivity index (χ0) is 45.4. The first-order valence-corrected chi connectivity index (χ1v) is 19.3. The number of benzene rings is 3. The van der Waals surface area contributed by atoms with Gasteiger partial charge in [-0.2, -0.15) is 0 Å². The largest absolute Gasteiger partial charge is 0.507 e. The molecule has 1 amide bonds. The van der Waals surface area contributed by atoms with E-state index in [1.165, 1.54) is 47.1 Å². The van der Waals surface area contributed by atoms with Crippen molar-refractivity contribution >= 4 is 23.4 Å². The maximum atomic E-state index is 15.4. The van der Waals surface area contributed by atoms with Crippen molar-refractivity contribution in [3.8, 4) is 34.1 Å². The molecule has 2 fully saturated rings. The predicted molar refractivity (Wildman–Crippen MR) is 206 cm³/mol. The van der Waals surface area contributed by atoms with E-state index in [0.717, 1.165) is 12.1 Å². The Morgan fingerprint density at radius 1 is 0.855 bits per heavy atom. The molecule has 2 saturated heterocycles. The fraction of sp³-hybridized carbons (Fsp3) is 0.463. The number of rotatable bonds is 10. The van der Waals surface area contributed by atoms with E-state index in [1.807, 2.05) is 0 Å². The van der Waals surface area contributed by atoms with E-state index in [9.17, 15) is 65.1 Å². The van der Waals surface area contributed by atoms with Crippen molar-refractivity contribution in [3.05, 3.63) is 68.8 Å². The lowest BCUT2D eigenvalue weighted by atomic mass is 9.74. The molecule has 334 valence electrons. The van der Waals surface area contributed by atoms with Gasteiger partial charge in [0.25, 0.3) is 5.91 Å². The highest BCUT2D eigenvalue weighted by molar-refractivity contribution is 6.31. The molecule has 2 heterocycles. The van der Waals surface area contributed by atoms with Gasteiger partial charge in [-0.25, -0.2) is 4.39 Å². The van der Waals surface area contributed by atoms with Crippen LogP contribution in [-0.2, 0) is 23.7 Å². The molecule has 3 aromatic rings. The third-order valence-corrected chi connectivity index (χ3v) is 11.8. The molecular formula is C41H45FN2O18. The Morgan fingerprint density at radius 2 is 1.50 bits per heavy atom. The van der Waals surface area contributed by atoms with E-state index in [-0.39, 0.29) is 28.0 Å². The molecule has 0 radical (unpaired) electrons. The first-order chi connectivity index (χ1) is 29.3. The van der Waals surface area contributed by atoms with Crippen LogP contribution in [0.15, 0.2) is 24.3 Å². The van der Waals surface area contributed by atoms with E-state index in [1.54, 1.807) is 0 Å². The number of alkyl halides is 1. The second-order valence-electron chi connectivity index (χ2n) is 15.5. The van der Waals surface area contributed by atoms with Crippen molar-refractivity contribution in [1.82, 2.24) is 10.6 Å². The van der Waals surface area contributed by atoms with Crippen LogP contribution >= 0.6 is 0 Å². The Bertz CT molecular complexity index is 2340. The van der Waals surface area contributed by atoms with Crippen molar-refractivity contribution < 1.29 is 93.2 Å². The Labute approximate surface area is 351 Å². The molecule has 0 bridgehead atoms. The number of carboxylic acid groups (broad SMARTS) is 1. The second-order valence-corrected chi connectivity index (χ2v) is 15.5. The molecule has 13 atom stereocenters. The van der Waals surface area contributed by atoms with Gasteiger partial charge in [-0.1, -0.05) is 6.07 Å². The van der Waals surface area contributed by atoms with Gasteiger partial charge in [0.05, 0.1) is 42.6 Å². The van der Waals surface area contributed by atoms with Gasteiger partial charge in [-0.3, -0.25) is 19.2 Å². The number of halogens is 1. The second kappa shape index (κ2) is 16.7. The lowest BCUT2D eigenvalue weighted by Crippen LogP contribution is -2.65. The molecule has 62 heavy (non-hydrogen) atoms. The number of aliphatic hydroxyl groups excluding tert-OH is 5. The first-order valence-electron chi connectivity index (χ1n) is 19.3. The van der Waals surface area contributed by atoms with Crippen molar-refractivity contribution in [3.63, 3.8) is 0 Å². The topological polar surface area (TPSA) is 321 Å². The van der Waals surface area contributed by atoms with Crippen molar-refractivity contribution in [2.45, 2.75) is 100 Å². The third kappa shape index (κ3) is 7.12. The number of aromatic hydroxyl groups is 3. The molecule has 4 aliphatic rings. The minimum Gasteiger partial charge on any atom is -0.507 e. The average Bonchev–Trinajstić information content (AvgIpc) is 3.22. The molecule has 21 heteroatoms. The minimum absolute atomic E-state index is 0.0000552. The van der Waals surface area contributed by atoms with Gasteiger partial charge in [0.15, 0.2) is 30.3 Å². The number of carboxylic acids is 1. The molecule has 0 spiro atoms. The fourth-order valence-electron chi connectivity index (χ4n) is 8.55. The zero-order valence-electron chi connectivity index (χ0n) is 33.6. The standard InChI is InChI=1S/C41H45FN2O18/c1-11-6-18-24(32(51)21(11)38(55)44-12(2)39(56)57)23-16(9-17-25(33(23)52)29(48)15-7-14(58-5)8-19(46)22(15)28(17)47)30(49)36(18)61-41-35(54)37(27(43-4)13(3)59-41)62-40-26(42)34(53)31(50)20(10-45)60-40/h6-9,12-13,20,26-27,30-31,34-37,40-41,43,45-46,49-54H,10H2,1-5H3,(H,44,55)(H,56,57)/t12-,13-,20-,26-,27+,30+,31-,34-,35-,36+,37+,40+,41+/m1/s1. The quantitative estimate of drug-likeness (QED) is 0.0977. The molecule has 0 unspecified atom stereocenters. The van der Waals surface area contributed by atoms with Gasteiger partial charge in [0.2, 0.25) is 0 Å². The summed E-state index contributed by atoms with van der Waals surface area (Å²) in [5.41, 5.74) is -3.68. The number of hydrogen-bond donors (Lipinski definition) is 11. The van der Waals surface area contributed by atoms with Crippen LogP contribution < -0.4 is 15.4 Å². The summed E-state index contributed by atoms with van der Waals surface area (Å²) >= 11 is 0. The van der Waals surface area contributed by atoms with E-state index < -0.39 is 160 Å². The summed E-state index contributed by atoms with van der Waals surface area (Å²) in [5.74, 6) is -6.82. The summed E-state index contributed by atoms with van der Waals surface area (Å²) in [7, 11) is 2.73. The summed E-state index contributed by atoms with van der Waals surface area (Å²) in [4.78, 5) is 53.4. The number of nitrogens with one attached hydrogen (secondary N) is 2. The van der Waals surface area contributed by atoms with E-state index in [2.05, 4.69) is 10.6 Å². The Kier molecular flexibility index (Phi) is 12.1. The Hall–Kier alpha value is -5.33. The van der Waals surface area contributed by atoms with E-state index in [0.29, 0.717) is 0 Å². The number of carbonyl (C=O) groups excluding carboxylic acids is 3. The monoisotopic (exact) mass is 872 g/mol. The lowest BCUT2D eigenvalue weighted by molar-refractivity contribution is -0.345. The molecule has 0 aromatic heterocycles. The number of phenols is 3. The molecule has 7 rings (SSSR count). The number of ketones is 2. The Morgan fingerprint density at radius 3 is 2.13 bits per heavy atom. The van der Waals surface area contributed by atoms with Crippen LogP contribution in [0.5, 0.6) is 23.0 Å². The highest BCUT2D eigenvalue weighted by atomic mass is 19.1. The maximum Gasteiger partial charge on any atom is 0.325 e. The average molecular weight is 873 g/mol. The number of fused-ring (bicyclic) bond motifs is 5. The number of methoxy groups -OCH3 is 1. The summed E-state index contributed by atoms with van der Waals surface area (Å²) in [5, 5.41) is 104. The number of aliphatic carboxylic acids is 1. The van der Waals surface area contributed by atoms with Gasteiger partial charge < -0.3 is 80.3 Å². The van der Waals surface area contributed by atoms with Gasteiger partial charge in [-0.05, 0) is 56.6 Å². The number of aliphatic hydroxyl groups is 5. The van der Waals surface area contributed by atoms with Crippen molar-refractivity contribution in [2.24, 2.45) is 0 Å². The SMILES string of the molecule is CN[C@@H]1[C@H](O[C@@H]2O[C@H](CO)[C@@H](O)[C@H](O)[C@H]2F)[C@@H](O)[C@H](O[C@H]2c3cc(C)c(C(=O)N[C@H](C)C(=O)O)c(O)c3-c3c(cc4c(c3O)C(=O)c3cc(OC)cc(O)c3C4=O)[C@@H]2O)O[C@@H]1C. The molecule has 2 aliphatic heterocycles. The van der Waals surface area contributed by atoms with Crippen LogP contribution in [0.1, 0.15) is 84.9 Å². The normalized spacial score (nSPS) is 30.7. The third-order valence-electron chi connectivity index (χ3n) is 11.8. The van der Waals surface area contributed by atoms with Crippen LogP contribution in [-0.4, -0.2) is 158 Å². The number of carbonyl (C=O) groups is 4. The summed E-state index contributed by atoms with van der Waals surface area (Å²) in [6.07, 6.45) is -19.4. The smallest absolute Gasteiger partial charge is 0.325 e. The Balaban J connectivity index is 1.36. The van der Waals surface area contributed by atoms with Crippen LogP contribution in [0.2, 0.25) is 0 Å². The van der Waals surface area contributed by atoms with Crippen LogP contribution in [0.4, 0.5) is 4.39 Å². The minimum atomic E-state index is -2.36. The molecule has 2 aliphatic carbocycles. The fourth-order valence-corrected chi connectivity index (χ4v) is 8.55. The number of amides is 1. The highest BCUT2D eigenvalue weighted by Gasteiger charge is 2.53. The summed E-state index contributed by atoms with van der Waals surface area (Å²) in [6, 6.07) is 2.19. The summed E-state index contributed by atoms with van der Waals surface area (Å²) < 4.78 is 44.1. The van der Waals surface area contributed by atoms with Crippen LogP contribution in [0.3, 0.4) is 0 Å². The lowest BCUT2D eigenvalue weighted by Gasteiger charge is -2.47. The van der Waals surface area contributed by atoms with Gasteiger partial charge in [0.1, 0.15) is 71.8 Å². The van der Waals surface area contributed by atoms with Crippen molar-refractivity contribution in [2.75, 3.05) is 20.8 Å². The van der Waals surface area contributed by atoms with Gasteiger partial charge in [-0.15, -0.1) is 0 Å². The highest BCUT2D eigenvalue weighted by Crippen LogP contribution is 2.57. The number of aryl methyl sites for hydroxylation is 1. The number of hydrogen-bond acceptors (Lipinski definition) is 18. The first kappa shape index (κ1) is 44.7. The van der Waals surface area contributed by atoms with Crippen molar-refractivity contribution in [1.29, 1.82) is 0 Å².